The quantitative estimate of drug-likeness (QED) is 0.731. The third kappa shape index (κ3) is 3.03. The highest BCUT2D eigenvalue weighted by Gasteiger charge is 2.34. The predicted molar refractivity (Wildman–Crippen MR) is 89.6 cm³/mol. The first kappa shape index (κ1) is 15.4. The van der Waals surface area contributed by atoms with Crippen LogP contribution in [0.4, 0.5) is 0 Å². The van der Waals surface area contributed by atoms with Gasteiger partial charge in [0.1, 0.15) is 15.5 Å². The van der Waals surface area contributed by atoms with Gasteiger partial charge < -0.3 is 9.72 Å². The van der Waals surface area contributed by atoms with Gasteiger partial charge in [-0.05, 0) is 42.0 Å². The molecule has 0 saturated carbocycles. The number of ether oxygens (including phenoxy) is 1. The molecule has 1 aromatic rings. The SMILES string of the molecule is CC(C)(C)c1nc(C2CN3CCCC3CO2)[nH]c(=O)c1I. The number of hydrogen-bond acceptors (Lipinski definition) is 4. The summed E-state index contributed by atoms with van der Waals surface area (Å²) in [4.78, 5) is 22.3. The fourth-order valence-corrected chi connectivity index (χ4v) is 4.17. The maximum atomic E-state index is 12.2. The van der Waals surface area contributed by atoms with Gasteiger partial charge in [0.15, 0.2) is 0 Å². The van der Waals surface area contributed by atoms with Crippen LogP contribution in [0.25, 0.3) is 0 Å². The Kier molecular flexibility index (Phi) is 4.13. The van der Waals surface area contributed by atoms with Crippen molar-refractivity contribution >= 4 is 22.6 Å². The molecular weight excluding hydrogens is 381 g/mol. The van der Waals surface area contributed by atoms with Crippen molar-refractivity contribution in [2.75, 3.05) is 19.7 Å². The smallest absolute Gasteiger partial charge is 0.264 e. The fourth-order valence-electron chi connectivity index (χ4n) is 3.11. The van der Waals surface area contributed by atoms with Gasteiger partial charge in [-0.2, -0.15) is 0 Å². The minimum absolute atomic E-state index is 0.0577. The average Bonchev–Trinajstić information content (AvgIpc) is 2.87. The van der Waals surface area contributed by atoms with Crippen LogP contribution in [0.15, 0.2) is 4.79 Å². The first-order valence-corrected chi connectivity index (χ1v) is 8.60. The summed E-state index contributed by atoms with van der Waals surface area (Å²) >= 11 is 2.08. The largest absolute Gasteiger partial charge is 0.367 e. The molecule has 0 aliphatic carbocycles. The Hall–Kier alpha value is -0.470. The van der Waals surface area contributed by atoms with Gasteiger partial charge in [-0.25, -0.2) is 4.98 Å². The Balaban J connectivity index is 1.92. The van der Waals surface area contributed by atoms with Crippen molar-refractivity contribution < 1.29 is 4.74 Å². The van der Waals surface area contributed by atoms with E-state index in [4.69, 9.17) is 9.72 Å². The highest BCUT2D eigenvalue weighted by atomic mass is 127. The molecule has 1 aromatic heterocycles. The van der Waals surface area contributed by atoms with Crippen molar-refractivity contribution in [3.8, 4) is 0 Å². The molecule has 0 aromatic carbocycles. The summed E-state index contributed by atoms with van der Waals surface area (Å²) in [5, 5.41) is 0. The molecule has 5 nitrogen and oxygen atoms in total. The standard InChI is InChI=1S/C15H22IN3O2/c1-15(2,3)12-11(16)14(20)18-13(17-12)10-7-19-6-4-5-9(19)8-21-10/h9-10H,4-8H2,1-3H3,(H,17,18,20). The Morgan fingerprint density at radius 1 is 1.43 bits per heavy atom. The summed E-state index contributed by atoms with van der Waals surface area (Å²) in [5.41, 5.74) is 0.649. The molecule has 2 aliphatic rings. The van der Waals surface area contributed by atoms with Crippen LogP contribution >= 0.6 is 22.6 Å². The lowest BCUT2D eigenvalue weighted by Gasteiger charge is -2.35. The third-order valence-electron chi connectivity index (χ3n) is 4.29. The predicted octanol–water partition coefficient (Wildman–Crippen LogP) is 2.21. The number of H-pyrrole nitrogens is 1. The van der Waals surface area contributed by atoms with Crippen LogP contribution < -0.4 is 5.56 Å². The van der Waals surface area contributed by atoms with E-state index in [-0.39, 0.29) is 17.1 Å². The summed E-state index contributed by atoms with van der Waals surface area (Å²) in [6.45, 7) is 8.95. The minimum Gasteiger partial charge on any atom is -0.367 e. The lowest BCUT2D eigenvalue weighted by Crippen LogP contribution is -2.43. The van der Waals surface area contributed by atoms with Gasteiger partial charge in [0, 0.05) is 18.0 Å². The second-order valence-corrected chi connectivity index (χ2v) is 8.06. The zero-order valence-corrected chi connectivity index (χ0v) is 14.9. The van der Waals surface area contributed by atoms with E-state index >= 15 is 0 Å². The van der Waals surface area contributed by atoms with Crippen LogP contribution in [0.2, 0.25) is 0 Å². The van der Waals surface area contributed by atoms with E-state index in [0.29, 0.717) is 15.4 Å². The Bertz CT molecular complexity index is 594. The van der Waals surface area contributed by atoms with Crippen LogP contribution in [-0.4, -0.2) is 40.6 Å². The van der Waals surface area contributed by atoms with E-state index in [1.807, 2.05) is 0 Å². The van der Waals surface area contributed by atoms with Gasteiger partial charge in [0.25, 0.3) is 5.56 Å². The van der Waals surface area contributed by atoms with Gasteiger partial charge in [0.05, 0.1) is 12.3 Å². The number of aromatic amines is 1. The number of hydrogen-bond donors (Lipinski definition) is 1. The molecule has 0 spiro atoms. The number of rotatable bonds is 1. The number of halogens is 1. The Labute approximate surface area is 138 Å². The minimum atomic E-state index is -0.148. The summed E-state index contributed by atoms with van der Waals surface area (Å²) < 4.78 is 6.64. The Morgan fingerprint density at radius 3 is 2.90 bits per heavy atom. The lowest BCUT2D eigenvalue weighted by molar-refractivity contribution is -0.0543. The van der Waals surface area contributed by atoms with E-state index in [1.54, 1.807) is 0 Å². The van der Waals surface area contributed by atoms with Crippen LogP contribution in [-0.2, 0) is 10.2 Å². The van der Waals surface area contributed by atoms with Crippen molar-refractivity contribution in [2.24, 2.45) is 0 Å². The number of nitrogens with one attached hydrogen (secondary N) is 1. The van der Waals surface area contributed by atoms with Crippen LogP contribution in [0.5, 0.6) is 0 Å². The van der Waals surface area contributed by atoms with Crippen LogP contribution in [0.1, 0.15) is 51.2 Å². The lowest BCUT2D eigenvalue weighted by atomic mass is 9.92. The molecule has 2 unspecified atom stereocenters. The number of aromatic nitrogens is 2. The summed E-state index contributed by atoms with van der Waals surface area (Å²) in [7, 11) is 0. The van der Waals surface area contributed by atoms with E-state index in [0.717, 1.165) is 25.4 Å². The van der Waals surface area contributed by atoms with Gasteiger partial charge >= 0.3 is 0 Å². The summed E-state index contributed by atoms with van der Waals surface area (Å²) in [6.07, 6.45) is 2.34. The molecule has 3 rings (SSSR count). The molecule has 2 fully saturated rings. The number of fused-ring (bicyclic) bond motifs is 1. The van der Waals surface area contributed by atoms with E-state index in [1.165, 1.54) is 12.8 Å². The first-order chi connectivity index (χ1) is 9.86. The molecule has 6 heteroatoms. The molecule has 116 valence electrons. The van der Waals surface area contributed by atoms with Gasteiger partial charge in [0.2, 0.25) is 0 Å². The van der Waals surface area contributed by atoms with Crippen molar-refractivity contribution in [1.82, 2.24) is 14.9 Å². The molecule has 1 N–H and O–H groups in total. The highest BCUT2D eigenvalue weighted by Crippen LogP contribution is 2.30. The zero-order chi connectivity index (χ0) is 15.2. The van der Waals surface area contributed by atoms with Crippen molar-refractivity contribution in [3.63, 3.8) is 0 Å². The zero-order valence-electron chi connectivity index (χ0n) is 12.8. The average molecular weight is 403 g/mol. The third-order valence-corrected chi connectivity index (χ3v) is 5.29. The molecule has 2 saturated heterocycles. The summed E-state index contributed by atoms with van der Waals surface area (Å²) in [6, 6.07) is 0.555. The van der Waals surface area contributed by atoms with Crippen LogP contribution in [0.3, 0.4) is 0 Å². The topological polar surface area (TPSA) is 58.2 Å². The van der Waals surface area contributed by atoms with E-state index in [2.05, 4.69) is 53.2 Å². The monoisotopic (exact) mass is 403 g/mol. The fraction of sp³-hybridized carbons (Fsp3) is 0.733. The molecule has 2 atom stereocenters. The molecule has 0 amide bonds. The molecule has 0 radical (unpaired) electrons. The summed E-state index contributed by atoms with van der Waals surface area (Å²) in [5.74, 6) is 0.677. The highest BCUT2D eigenvalue weighted by molar-refractivity contribution is 14.1. The molecule has 21 heavy (non-hydrogen) atoms. The normalized spacial score (nSPS) is 26.9. The van der Waals surface area contributed by atoms with Crippen molar-refractivity contribution in [2.45, 2.75) is 51.2 Å². The maximum absolute atomic E-state index is 12.2. The second kappa shape index (κ2) is 5.62. The molecular formula is C15H22IN3O2. The van der Waals surface area contributed by atoms with Gasteiger partial charge in [-0.15, -0.1) is 0 Å². The van der Waals surface area contributed by atoms with E-state index < -0.39 is 0 Å². The first-order valence-electron chi connectivity index (χ1n) is 7.52. The molecule has 3 heterocycles. The van der Waals surface area contributed by atoms with Gasteiger partial charge in [-0.3, -0.25) is 9.69 Å². The second-order valence-electron chi connectivity index (χ2n) is 6.98. The van der Waals surface area contributed by atoms with E-state index in [9.17, 15) is 4.79 Å². The van der Waals surface area contributed by atoms with Crippen molar-refractivity contribution in [1.29, 1.82) is 0 Å². The molecule has 0 bridgehead atoms. The maximum Gasteiger partial charge on any atom is 0.264 e. The number of nitrogens with zero attached hydrogens (tertiary/aromatic N) is 2. The number of morpholine rings is 1. The van der Waals surface area contributed by atoms with Gasteiger partial charge in [-0.1, -0.05) is 20.8 Å². The Morgan fingerprint density at radius 2 is 2.19 bits per heavy atom. The molecule has 2 aliphatic heterocycles. The van der Waals surface area contributed by atoms with Crippen LogP contribution in [0, 0.1) is 3.57 Å². The van der Waals surface area contributed by atoms with Crippen molar-refractivity contribution in [3.05, 3.63) is 25.4 Å².